The number of aliphatic hydroxyl groups is 1. The monoisotopic (exact) mass is 342 g/mol. The summed E-state index contributed by atoms with van der Waals surface area (Å²) in [6.07, 6.45) is 4.28. The van der Waals surface area contributed by atoms with E-state index in [-0.39, 0.29) is 5.66 Å². The molecule has 0 heterocycles. The van der Waals surface area contributed by atoms with E-state index >= 15 is 0 Å². The van der Waals surface area contributed by atoms with Crippen molar-refractivity contribution in [2.45, 2.75) is 50.8 Å². The van der Waals surface area contributed by atoms with E-state index in [0.717, 1.165) is 42.7 Å². The van der Waals surface area contributed by atoms with E-state index in [9.17, 15) is 9.67 Å². The summed E-state index contributed by atoms with van der Waals surface area (Å²) < 4.78 is 14.4. The van der Waals surface area contributed by atoms with E-state index < -0.39 is 13.2 Å². The first-order chi connectivity index (χ1) is 11.6. The van der Waals surface area contributed by atoms with E-state index in [1.807, 2.05) is 60.7 Å². The van der Waals surface area contributed by atoms with Crippen LogP contribution in [0.15, 0.2) is 60.7 Å². The van der Waals surface area contributed by atoms with E-state index in [2.05, 4.69) is 6.92 Å². The van der Waals surface area contributed by atoms with E-state index in [1.54, 1.807) is 0 Å². The van der Waals surface area contributed by atoms with Gasteiger partial charge in [-0.2, -0.15) is 0 Å². The first-order valence-corrected chi connectivity index (χ1v) is 10.8. The minimum Gasteiger partial charge on any atom is -0.392 e. The molecule has 2 nitrogen and oxygen atoms in total. The van der Waals surface area contributed by atoms with Gasteiger partial charge in [0, 0.05) is 16.3 Å². The van der Waals surface area contributed by atoms with Crippen LogP contribution in [0.4, 0.5) is 0 Å². The van der Waals surface area contributed by atoms with Gasteiger partial charge in [-0.3, -0.25) is 0 Å². The molecule has 3 rings (SSSR count). The number of benzene rings is 2. The van der Waals surface area contributed by atoms with Crippen LogP contribution >= 0.6 is 7.14 Å². The third-order valence-corrected chi connectivity index (χ3v) is 9.01. The molecule has 0 amide bonds. The number of rotatable bonds is 3. The number of hydrogen-bond acceptors (Lipinski definition) is 2. The Kier molecular flexibility index (Phi) is 5.58. The molecule has 1 N–H and O–H groups in total. The maximum Gasteiger partial charge on any atom is 0.148 e. The first kappa shape index (κ1) is 17.5. The average Bonchev–Trinajstić information content (AvgIpc) is 2.61. The summed E-state index contributed by atoms with van der Waals surface area (Å²) in [6.45, 7) is 2.27. The Labute approximate surface area is 145 Å². The maximum atomic E-state index is 14.4. The molecule has 1 aliphatic carbocycles. The normalized spacial score (nSPS) is 25.7. The third kappa shape index (κ3) is 3.50. The predicted molar refractivity (Wildman–Crippen MR) is 102 cm³/mol. The Bertz CT molecular complexity index is 640. The van der Waals surface area contributed by atoms with Crippen LogP contribution < -0.4 is 10.6 Å². The van der Waals surface area contributed by atoms with Crippen LogP contribution in [-0.4, -0.2) is 16.9 Å². The Balaban J connectivity index is 2.08. The largest absolute Gasteiger partial charge is 0.392 e. The molecule has 2 aromatic carbocycles. The Morgan fingerprint density at radius 3 is 1.92 bits per heavy atom. The molecule has 0 bridgehead atoms. The zero-order valence-electron chi connectivity index (χ0n) is 14.3. The molecule has 0 aromatic heterocycles. The lowest BCUT2D eigenvalue weighted by Gasteiger charge is -2.34. The highest BCUT2D eigenvalue weighted by molar-refractivity contribution is 7.79. The van der Waals surface area contributed by atoms with Crippen molar-refractivity contribution in [3.8, 4) is 0 Å². The summed E-state index contributed by atoms with van der Waals surface area (Å²) in [5.74, 6) is 0.639. The summed E-state index contributed by atoms with van der Waals surface area (Å²) in [6, 6.07) is 19.5. The second kappa shape index (κ2) is 7.68. The smallest absolute Gasteiger partial charge is 0.148 e. The molecule has 1 saturated carbocycles. The molecular weight excluding hydrogens is 315 g/mol. The topological polar surface area (TPSA) is 37.3 Å². The van der Waals surface area contributed by atoms with Gasteiger partial charge in [0.25, 0.3) is 0 Å². The summed E-state index contributed by atoms with van der Waals surface area (Å²) in [4.78, 5) is 0. The summed E-state index contributed by atoms with van der Waals surface area (Å²) in [5.41, 5.74) is -0.190. The summed E-state index contributed by atoms with van der Waals surface area (Å²) >= 11 is 0. The fourth-order valence-corrected chi connectivity index (χ4v) is 7.36. The van der Waals surface area contributed by atoms with Crippen molar-refractivity contribution in [1.82, 2.24) is 0 Å². The average molecular weight is 342 g/mol. The minimum atomic E-state index is -2.88. The van der Waals surface area contributed by atoms with E-state index in [4.69, 9.17) is 0 Å². The SMILES string of the molecule is C[C@H]1CCC[C@@H](O)[C@H](P(=O)(c2ccccc2)c2ccccc2)CC1. The quantitative estimate of drug-likeness (QED) is 0.843. The van der Waals surface area contributed by atoms with Gasteiger partial charge in [0.05, 0.1) is 6.10 Å². The molecular formula is C21H27O2P. The molecule has 3 atom stereocenters. The Hall–Kier alpha value is -1.37. The van der Waals surface area contributed by atoms with Crippen LogP contribution in [0, 0.1) is 5.92 Å². The van der Waals surface area contributed by atoms with Crippen LogP contribution in [0.3, 0.4) is 0 Å². The number of hydrogen-bond donors (Lipinski definition) is 1. The van der Waals surface area contributed by atoms with Gasteiger partial charge in [0.15, 0.2) is 0 Å². The zero-order valence-corrected chi connectivity index (χ0v) is 15.2. The molecule has 0 unspecified atom stereocenters. The highest BCUT2D eigenvalue weighted by Gasteiger charge is 2.41. The third-order valence-electron chi connectivity index (χ3n) is 5.34. The van der Waals surface area contributed by atoms with Gasteiger partial charge in [-0.25, -0.2) is 0 Å². The van der Waals surface area contributed by atoms with Crippen molar-refractivity contribution in [2.75, 3.05) is 0 Å². The fraction of sp³-hybridized carbons (Fsp3) is 0.429. The standard InChI is InChI=1S/C21H27O2P/c1-17-9-8-14-20(22)21(16-15-17)24(23,18-10-4-2-5-11-18)19-12-6-3-7-13-19/h2-7,10-13,17,20-22H,8-9,14-16H2,1H3/t17-,20+,21+/m0/s1. The Morgan fingerprint density at radius 2 is 1.38 bits per heavy atom. The van der Waals surface area contributed by atoms with Gasteiger partial charge < -0.3 is 9.67 Å². The van der Waals surface area contributed by atoms with Crippen molar-refractivity contribution < 1.29 is 9.67 Å². The van der Waals surface area contributed by atoms with Gasteiger partial charge in [0.2, 0.25) is 0 Å². The van der Waals surface area contributed by atoms with Crippen LogP contribution in [-0.2, 0) is 4.57 Å². The van der Waals surface area contributed by atoms with Crippen LogP contribution in [0.1, 0.15) is 39.0 Å². The lowest BCUT2D eigenvalue weighted by molar-refractivity contribution is 0.138. The molecule has 128 valence electrons. The highest BCUT2D eigenvalue weighted by atomic mass is 31.2. The van der Waals surface area contributed by atoms with Gasteiger partial charge >= 0.3 is 0 Å². The Morgan fingerprint density at radius 1 is 0.833 bits per heavy atom. The second-order valence-electron chi connectivity index (χ2n) is 7.08. The van der Waals surface area contributed by atoms with Gasteiger partial charge in [0.1, 0.15) is 7.14 Å². The van der Waals surface area contributed by atoms with Gasteiger partial charge in [-0.15, -0.1) is 0 Å². The fourth-order valence-electron chi connectivity index (χ4n) is 3.91. The van der Waals surface area contributed by atoms with Gasteiger partial charge in [-0.05, 0) is 25.2 Å². The highest BCUT2D eigenvalue weighted by Crippen LogP contribution is 2.53. The van der Waals surface area contributed by atoms with E-state index in [1.165, 1.54) is 0 Å². The van der Waals surface area contributed by atoms with Crippen molar-refractivity contribution in [2.24, 2.45) is 5.92 Å². The van der Waals surface area contributed by atoms with Crippen LogP contribution in [0.25, 0.3) is 0 Å². The zero-order chi connectivity index (χ0) is 17.0. The van der Waals surface area contributed by atoms with Crippen LogP contribution in [0.2, 0.25) is 0 Å². The predicted octanol–water partition coefficient (Wildman–Crippen LogP) is 4.33. The summed E-state index contributed by atoms with van der Waals surface area (Å²) in [5, 5.41) is 12.6. The molecule has 1 aliphatic rings. The lowest BCUT2D eigenvalue weighted by Crippen LogP contribution is -2.36. The molecule has 0 spiro atoms. The molecule has 0 aliphatic heterocycles. The van der Waals surface area contributed by atoms with Crippen molar-refractivity contribution in [3.05, 3.63) is 60.7 Å². The first-order valence-electron chi connectivity index (χ1n) is 9.01. The molecule has 1 fully saturated rings. The second-order valence-corrected chi connectivity index (χ2v) is 10.1. The number of aliphatic hydroxyl groups excluding tert-OH is 1. The molecule has 0 radical (unpaired) electrons. The molecule has 3 heteroatoms. The maximum absolute atomic E-state index is 14.4. The van der Waals surface area contributed by atoms with Crippen LogP contribution in [0.5, 0.6) is 0 Å². The van der Waals surface area contributed by atoms with Crippen molar-refractivity contribution >= 4 is 17.8 Å². The lowest BCUT2D eigenvalue weighted by atomic mass is 9.91. The molecule has 24 heavy (non-hydrogen) atoms. The van der Waals surface area contributed by atoms with Crippen molar-refractivity contribution in [3.63, 3.8) is 0 Å². The molecule has 0 saturated heterocycles. The minimum absolute atomic E-state index is 0.190. The van der Waals surface area contributed by atoms with Gasteiger partial charge in [-0.1, -0.05) is 80.4 Å². The van der Waals surface area contributed by atoms with Crippen molar-refractivity contribution in [1.29, 1.82) is 0 Å². The molecule has 2 aromatic rings. The summed E-state index contributed by atoms with van der Waals surface area (Å²) in [7, 11) is -2.88. The van der Waals surface area contributed by atoms with E-state index in [0.29, 0.717) is 5.92 Å².